The number of aliphatic hydroxyl groups is 2. The average molecular weight is 761 g/mol. The summed E-state index contributed by atoms with van der Waals surface area (Å²) in [6.07, 6.45) is 12.5. The fourth-order valence-electron chi connectivity index (χ4n) is 12.7. The van der Waals surface area contributed by atoms with Crippen molar-refractivity contribution in [2.45, 2.75) is 154 Å². The van der Waals surface area contributed by atoms with Crippen LogP contribution < -0.4 is 10.6 Å². The Bertz CT molecular complexity index is 1250. The van der Waals surface area contributed by atoms with E-state index in [1.54, 1.807) is 12.0 Å². The second kappa shape index (κ2) is 18.1. The van der Waals surface area contributed by atoms with Crippen molar-refractivity contribution in [1.29, 1.82) is 0 Å². The highest BCUT2D eigenvalue weighted by Crippen LogP contribution is 2.61. The van der Waals surface area contributed by atoms with Gasteiger partial charge in [0.25, 0.3) is 0 Å². The molecular formula is C43H76N4O7. The van der Waals surface area contributed by atoms with E-state index in [-0.39, 0.29) is 48.3 Å². The Hall–Kier alpha value is -1.34. The number of hydrogen-bond donors (Lipinski definition) is 4. The molecule has 1 heterocycles. The monoisotopic (exact) mass is 761 g/mol. The van der Waals surface area contributed by atoms with Gasteiger partial charge in [-0.3, -0.25) is 14.4 Å². The lowest BCUT2D eigenvalue weighted by Gasteiger charge is -2.62. The summed E-state index contributed by atoms with van der Waals surface area (Å²) in [5.41, 5.74) is 0.317. The molecule has 11 heteroatoms. The maximum Gasteiger partial charge on any atom is 0.240 e. The predicted molar refractivity (Wildman–Crippen MR) is 209 cm³/mol. The Balaban J connectivity index is 1.12. The van der Waals surface area contributed by atoms with Crippen molar-refractivity contribution in [3.63, 3.8) is 0 Å². The first-order chi connectivity index (χ1) is 25.8. The van der Waals surface area contributed by atoms with Gasteiger partial charge in [-0.2, -0.15) is 5.06 Å². The van der Waals surface area contributed by atoms with Gasteiger partial charge < -0.3 is 35.2 Å². The highest BCUT2D eigenvalue weighted by molar-refractivity contribution is 5.83. The second-order valence-electron chi connectivity index (χ2n) is 19.6. The standard InChI is InChI=1S/C43H76N4O7/c1-25-35-21-31(43(35,3)4)22-36(25)45-42(51)39-38(26(2)49)37(24-48)54-47(39)23-28-12-10-14-34(40(28)53-8)29-18-30(20-32(19-29)46(5)6)41(50)44-16-15-27-11-9-13-33(17-27)52-7/h25-40,48-49H,9-24H2,1-8H3,(H,44,50)(H,45,51)/t25-,26-,27?,28?,29?,30?,31+,32?,33?,34?,35-,36-,37-,38-,39-,40?/m0/s1. The summed E-state index contributed by atoms with van der Waals surface area (Å²) in [7, 11) is 7.90. The van der Waals surface area contributed by atoms with Crippen molar-refractivity contribution in [2.24, 2.45) is 58.7 Å². The number of rotatable bonds is 14. The zero-order chi connectivity index (χ0) is 38.9. The number of aliphatic hydroxyl groups excluding tert-OH is 2. The van der Waals surface area contributed by atoms with Crippen molar-refractivity contribution in [3.8, 4) is 0 Å². The molecule has 6 saturated carbocycles. The predicted octanol–water partition coefficient (Wildman–Crippen LogP) is 4.64. The number of carbonyl (C=O) groups is 2. The van der Waals surface area contributed by atoms with Gasteiger partial charge in [-0.05, 0) is 126 Å². The number of nitrogens with one attached hydrogen (secondary N) is 2. The van der Waals surface area contributed by atoms with Gasteiger partial charge in [0, 0.05) is 57.1 Å². The van der Waals surface area contributed by atoms with Gasteiger partial charge >= 0.3 is 0 Å². The van der Waals surface area contributed by atoms with Crippen molar-refractivity contribution in [3.05, 3.63) is 0 Å². The molecule has 6 aliphatic carbocycles. The molecule has 0 aromatic heterocycles. The fraction of sp³-hybridized carbons (Fsp3) is 0.953. The molecular weight excluding hydrogens is 684 g/mol. The largest absolute Gasteiger partial charge is 0.394 e. The molecule has 0 aromatic rings. The maximum absolute atomic E-state index is 14.3. The van der Waals surface area contributed by atoms with Gasteiger partial charge in [0.05, 0.1) is 24.9 Å². The van der Waals surface area contributed by atoms with Crippen LogP contribution >= 0.6 is 0 Å². The van der Waals surface area contributed by atoms with Crippen LogP contribution in [-0.4, -0.2) is 123 Å². The molecule has 0 radical (unpaired) electrons. The number of hydroxylamine groups is 2. The van der Waals surface area contributed by atoms with Gasteiger partial charge in [-0.1, -0.05) is 40.0 Å². The molecule has 7 fully saturated rings. The first-order valence-electron chi connectivity index (χ1n) is 21.8. The first kappa shape index (κ1) is 42.3. The van der Waals surface area contributed by atoms with Crippen LogP contribution in [-0.2, 0) is 23.9 Å². The van der Waals surface area contributed by atoms with Crippen LogP contribution in [0.1, 0.15) is 111 Å². The minimum atomic E-state index is -0.824. The summed E-state index contributed by atoms with van der Waals surface area (Å²) >= 11 is 0. The van der Waals surface area contributed by atoms with Crippen LogP contribution in [0, 0.1) is 58.7 Å². The summed E-state index contributed by atoms with van der Waals surface area (Å²) in [6, 6.07) is -0.279. The fourth-order valence-corrected chi connectivity index (χ4v) is 12.7. The third-order valence-corrected chi connectivity index (χ3v) is 16.1. The Morgan fingerprint density at radius 2 is 1.74 bits per heavy atom. The molecule has 16 atom stereocenters. The second-order valence-corrected chi connectivity index (χ2v) is 19.6. The third kappa shape index (κ3) is 8.87. The Morgan fingerprint density at radius 1 is 0.981 bits per heavy atom. The summed E-state index contributed by atoms with van der Waals surface area (Å²) in [4.78, 5) is 36.8. The topological polar surface area (TPSA) is 133 Å². The SMILES string of the molecule is COC1CCCC(CCNC(=O)C2CC(C3CCCC(CN4O[C@@H](CO)[C@H]([C@H](C)O)[C@H]4C(=O)N[C@H]4C[C@H]5C[C@@H]([C@@H]4C)C5(C)C)C3OC)CC(N(C)C)C2)C1. The highest BCUT2D eigenvalue weighted by atomic mass is 16.7. The lowest BCUT2D eigenvalue weighted by molar-refractivity contribution is -0.193. The maximum atomic E-state index is 14.3. The van der Waals surface area contributed by atoms with Gasteiger partial charge in [-0.15, -0.1) is 0 Å². The van der Waals surface area contributed by atoms with E-state index in [2.05, 4.69) is 50.4 Å². The van der Waals surface area contributed by atoms with Crippen LogP contribution in [0.4, 0.5) is 0 Å². The lowest BCUT2D eigenvalue weighted by Crippen LogP contribution is -2.62. The van der Waals surface area contributed by atoms with Crippen LogP contribution in [0.2, 0.25) is 0 Å². The van der Waals surface area contributed by atoms with Gasteiger partial charge in [0.15, 0.2) is 0 Å². The zero-order valence-corrected chi connectivity index (χ0v) is 34.9. The lowest BCUT2D eigenvalue weighted by atomic mass is 9.45. The van der Waals surface area contributed by atoms with Gasteiger partial charge in [0.1, 0.15) is 12.1 Å². The highest BCUT2D eigenvalue weighted by Gasteiger charge is 2.58. The van der Waals surface area contributed by atoms with E-state index in [4.69, 9.17) is 14.3 Å². The quantitative estimate of drug-likeness (QED) is 0.200. The number of nitrogens with zero attached hydrogens (tertiary/aromatic N) is 2. The number of ether oxygens (including phenoxy) is 2. The van der Waals surface area contributed by atoms with Crippen molar-refractivity contribution in [2.75, 3.05) is 48.0 Å². The minimum Gasteiger partial charge on any atom is -0.394 e. The summed E-state index contributed by atoms with van der Waals surface area (Å²) in [6.45, 7) is 9.67. The molecule has 0 spiro atoms. The number of methoxy groups -OCH3 is 2. The van der Waals surface area contributed by atoms with E-state index in [1.807, 2.05) is 14.2 Å². The molecule has 310 valence electrons. The molecule has 1 aliphatic heterocycles. The zero-order valence-electron chi connectivity index (χ0n) is 34.9. The van der Waals surface area contributed by atoms with Crippen molar-refractivity contribution >= 4 is 11.8 Å². The van der Waals surface area contributed by atoms with E-state index >= 15 is 0 Å². The van der Waals surface area contributed by atoms with E-state index in [0.29, 0.717) is 53.7 Å². The number of amides is 2. The van der Waals surface area contributed by atoms with Gasteiger partial charge in [-0.25, -0.2) is 0 Å². The molecule has 8 unspecified atom stereocenters. The molecule has 7 aliphatic rings. The third-order valence-electron chi connectivity index (χ3n) is 16.1. The first-order valence-corrected chi connectivity index (χ1v) is 21.8. The number of hydrogen-bond acceptors (Lipinski definition) is 9. The Labute approximate surface area is 326 Å². The molecule has 0 aromatic carbocycles. The average Bonchev–Trinajstić information content (AvgIpc) is 3.53. The summed E-state index contributed by atoms with van der Waals surface area (Å²) < 4.78 is 12.1. The Morgan fingerprint density at radius 3 is 2.39 bits per heavy atom. The van der Waals surface area contributed by atoms with Crippen LogP contribution in [0.5, 0.6) is 0 Å². The van der Waals surface area contributed by atoms with E-state index in [1.165, 1.54) is 19.3 Å². The summed E-state index contributed by atoms with van der Waals surface area (Å²) in [5.74, 6) is 2.46. The molecule has 11 nitrogen and oxygen atoms in total. The van der Waals surface area contributed by atoms with E-state index in [0.717, 1.165) is 70.8 Å². The molecule has 1 saturated heterocycles. The molecule has 54 heavy (non-hydrogen) atoms. The van der Waals surface area contributed by atoms with Crippen molar-refractivity contribution in [1.82, 2.24) is 20.6 Å². The number of carbonyl (C=O) groups excluding carboxylic acids is 2. The van der Waals surface area contributed by atoms with E-state index < -0.39 is 24.2 Å². The normalized spacial score (nSPS) is 43.0. The Kier molecular flexibility index (Phi) is 14.1. The van der Waals surface area contributed by atoms with Crippen molar-refractivity contribution < 1.29 is 34.1 Å². The molecule has 7 rings (SSSR count). The van der Waals surface area contributed by atoms with Gasteiger partial charge in [0.2, 0.25) is 11.8 Å². The number of fused-ring (bicyclic) bond motifs is 2. The molecule has 2 amide bonds. The van der Waals surface area contributed by atoms with Crippen LogP contribution in [0.3, 0.4) is 0 Å². The minimum absolute atomic E-state index is 0.0296. The smallest absolute Gasteiger partial charge is 0.240 e. The van der Waals surface area contributed by atoms with E-state index in [9.17, 15) is 19.8 Å². The van der Waals surface area contributed by atoms with Crippen LogP contribution in [0.15, 0.2) is 0 Å². The molecule has 2 bridgehead atoms. The summed E-state index contributed by atoms with van der Waals surface area (Å²) in [5, 5.41) is 30.0. The van der Waals surface area contributed by atoms with Crippen LogP contribution in [0.25, 0.3) is 0 Å². The molecule has 4 N–H and O–H groups in total.